The number of carbonyl (C=O) groups is 6. The van der Waals surface area contributed by atoms with Crippen LogP contribution in [0.3, 0.4) is 0 Å². The first-order valence-electron chi connectivity index (χ1n) is 12.4. The number of carboxylic acids is 2. The van der Waals surface area contributed by atoms with Gasteiger partial charge < -0.3 is 42.6 Å². The number of nitrogens with one attached hydrogen (secondary N) is 4. The van der Waals surface area contributed by atoms with E-state index in [1.54, 1.807) is 12.5 Å². The zero-order valence-corrected chi connectivity index (χ0v) is 22.7. The number of thioether (sulfide) groups is 1. The van der Waals surface area contributed by atoms with E-state index in [9.17, 15) is 39.0 Å². The van der Waals surface area contributed by atoms with Gasteiger partial charge in [-0.3, -0.25) is 24.0 Å². The Balaban J connectivity index is 2.12. The number of aromatic amines is 1. The molecule has 40 heavy (non-hydrogen) atoms. The molecule has 2 rings (SSSR count). The van der Waals surface area contributed by atoms with E-state index in [0.29, 0.717) is 5.75 Å². The first-order valence-corrected chi connectivity index (χ1v) is 13.8. The number of nitrogens with two attached hydrogens (primary N) is 2. The summed E-state index contributed by atoms with van der Waals surface area (Å²) < 4.78 is 0. The van der Waals surface area contributed by atoms with Crippen molar-refractivity contribution < 1.29 is 39.0 Å². The number of fused-ring (bicyclic) bond motifs is 1. The molecule has 10 N–H and O–H groups in total. The number of rotatable bonds is 17. The van der Waals surface area contributed by atoms with Gasteiger partial charge in [-0.1, -0.05) is 18.2 Å². The van der Waals surface area contributed by atoms with Crippen LogP contribution in [0.1, 0.15) is 31.2 Å². The summed E-state index contributed by atoms with van der Waals surface area (Å²) in [5.41, 5.74) is 12.9. The number of primary amides is 1. The second kappa shape index (κ2) is 15.5. The van der Waals surface area contributed by atoms with Crippen LogP contribution in [-0.2, 0) is 35.2 Å². The second-order valence-corrected chi connectivity index (χ2v) is 10.1. The second-order valence-electron chi connectivity index (χ2n) is 9.08. The average Bonchev–Trinajstić information content (AvgIpc) is 3.30. The molecule has 0 radical (unpaired) electrons. The van der Waals surface area contributed by atoms with Crippen LogP contribution in [0.25, 0.3) is 10.9 Å². The monoisotopic (exact) mass is 578 g/mol. The number of H-pyrrole nitrogens is 1. The molecule has 1 heterocycles. The quantitative estimate of drug-likeness (QED) is 0.114. The van der Waals surface area contributed by atoms with Gasteiger partial charge in [0.25, 0.3) is 0 Å². The third-order valence-corrected chi connectivity index (χ3v) is 6.64. The van der Waals surface area contributed by atoms with Crippen molar-refractivity contribution in [3.8, 4) is 0 Å². The summed E-state index contributed by atoms with van der Waals surface area (Å²) in [7, 11) is 0. The summed E-state index contributed by atoms with van der Waals surface area (Å²) in [4.78, 5) is 75.7. The van der Waals surface area contributed by atoms with Crippen LogP contribution in [0.5, 0.6) is 0 Å². The number of aromatic nitrogens is 1. The van der Waals surface area contributed by atoms with Gasteiger partial charge >= 0.3 is 11.9 Å². The fraction of sp³-hybridized carbons (Fsp3) is 0.440. The van der Waals surface area contributed by atoms with Gasteiger partial charge in [0.2, 0.25) is 23.6 Å². The molecule has 14 nitrogen and oxygen atoms in total. The normalized spacial score (nSPS) is 13.9. The Morgan fingerprint density at radius 3 is 2.17 bits per heavy atom. The Labute approximate surface area is 234 Å². The summed E-state index contributed by atoms with van der Waals surface area (Å²) >= 11 is 1.40. The standard InChI is InChI=1S/C25H34N6O8S/c1-40-9-8-17(29-22(35)15(26)10-13-12-28-16-5-3-2-4-14(13)16)23(36)31-19(11-21(33)34)24(37)30-18(25(38)39)6-7-20(27)32/h2-5,12,15,17-19,28H,6-11,26H2,1H3,(H2,27,32)(H,29,35)(H,30,37)(H,31,36)(H,33,34)(H,38,39). The maximum Gasteiger partial charge on any atom is 0.326 e. The van der Waals surface area contributed by atoms with Crippen LogP contribution in [-0.4, -0.2) is 86.9 Å². The smallest absolute Gasteiger partial charge is 0.326 e. The van der Waals surface area contributed by atoms with Crippen molar-refractivity contribution in [2.45, 2.75) is 56.3 Å². The largest absolute Gasteiger partial charge is 0.481 e. The van der Waals surface area contributed by atoms with Crippen LogP contribution in [0.15, 0.2) is 30.5 Å². The van der Waals surface area contributed by atoms with Gasteiger partial charge in [0.1, 0.15) is 18.1 Å². The summed E-state index contributed by atoms with van der Waals surface area (Å²) in [6, 6.07) is 2.13. The highest BCUT2D eigenvalue weighted by molar-refractivity contribution is 7.98. The van der Waals surface area contributed by atoms with Crippen LogP contribution < -0.4 is 27.4 Å². The summed E-state index contributed by atoms with van der Waals surface area (Å²) in [6.07, 6.45) is 2.34. The highest BCUT2D eigenvalue weighted by atomic mass is 32.2. The summed E-state index contributed by atoms with van der Waals surface area (Å²) in [5, 5.41) is 26.5. The topological polar surface area (TPSA) is 247 Å². The number of benzene rings is 1. The molecule has 2 aromatic rings. The number of hydrogen-bond donors (Lipinski definition) is 8. The van der Waals surface area contributed by atoms with Gasteiger partial charge in [-0.15, -0.1) is 0 Å². The average molecular weight is 579 g/mol. The lowest BCUT2D eigenvalue weighted by Gasteiger charge is -2.24. The first kappa shape index (κ1) is 32.1. The van der Waals surface area contributed by atoms with E-state index >= 15 is 0 Å². The number of hydrogen-bond acceptors (Lipinski definition) is 8. The Bertz CT molecular complexity index is 1230. The molecule has 15 heteroatoms. The molecule has 0 saturated heterocycles. The minimum atomic E-state index is -1.66. The van der Waals surface area contributed by atoms with Crippen molar-refractivity contribution in [3.05, 3.63) is 36.0 Å². The third-order valence-electron chi connectivity index (χ3n) is 6.00. The van der Waals surface area contributed by atoms with Gasteiger partial charge in [-0.2, -0.15) is 11.8 Å². The molecule has 1 aromatic heterocycles. The fourth-order valence-electron chi connectivity index (χ4n) is 3.89. The van der Waals surface area contributed by atoms with E-state index in [2.05, 4.69) is 20.9 Å². The molecule has 0 fully saturated rings. The van der Waals surface area contributed by atoms with Crippen molar-refractivity contribution in [2.24, 2.45) is 11.5 Å². The molecule has 4 amide bonds. The van der Waals surface area contributed by atoms with Gasteiger partial charge in [0, 0.05) is 23.5 Å². The summed E-state index contributed by atoms with van der Waals surface area (Å²) in [5.74, 6) is -5.79. The number of aliphatic carboxylic acids is 2. The first-order chi connectivity index (χ1) is 18.9. The molecule has 0 saturated carbocycles. The molecule has 4 unspecified atom stereocenters. The van der Waals surface area contributed by atoms with Crippen molar-refractivity contribution in [1.29, 1.82) is 0 Å². The van der Waals surface area contributed by atoms with Crippen molar-refractivity contribution in [1.82, 2.24) is 20.9 Å². The number of carboxylic acid groups (broad SMARTS) is 2. The Morgan fingerprint density at radius 2 is 1.55 bits per heavy atom. The van der Waals surface area contributed by atoms with Crippen LogP contribution in [0.2, 0.25) is 0 Å². The molecule has 4 atom stereocenters. The van der Waals surface area contributed by atoms with Crippen molar-refractivity contribution in [2.75, 3.05) is 12.0 Å². The zero-order chi connectivity index (χ0) is 29.8. The van der Waals surface area contributed by atoms with E-state index in [-0.39, 0.29) is 25.7 Å². The fourth-order valence-corrected chi connectivity index (χ4v) is 4.36. The molecule has 0 aliphatic carbocycles. The lowest BCUT2D eigenvalue weighted by atomic mass is 10.0. The lowest BCUT2D eigenvalue weighted by molar-refractivity contribution is -0.143. The lowest BCUT2D eigenvalue weighted by Crippen LogP contribution is -2.57. The minimum Gasteiger partial charge on any atom is -0.481 e. The molecule has 1 aromatic carbocycles. The van der Waals surface area contributed by atoms with Gasteiger partial charge in [0.05, 0.1) is 12.5 Å². The van der Waals surface area contributed by atoms with E-state index in [4.69, 9.17) is 11.5 Å². The van der Waals surface area contributed by atoms with E-state index in [1.165, 1.54) is 11.8 Å². The van der Waals surface area contributed by atoms with Crippen molar-refractivity contribution in [3.63, 3.8) is 0 Å². The highest BCUT2D eigenvalue weighted by Gasteiger charge is 2.31. The number of carbonyl (C=O) groups excluding carboxylic acids is 4. The molecule has 0 spiro atoms. The minimum absolute atomic E-state index is 0.149. The van der Waals surface area contributed by atoms with Crippen LogP contribution >= 0.6 is 11.8 Å². The zero-order valence-electron chi connectivity index (χ0n) is 21.8. The SMILES string of the molecule is CSCCC(NC(=O)C(N)Cc1c[nH]c2ccccc12)C(=O)NC(CC(=O)O)C(=O)NC(CCC(N)=O)C(=O)O. The predicted octanol–water partition coefficient (Wildman–Crippen LogP) is -0.930. The predicted molar refractivity (Wildman–Crippen MR) is 147 cm³/mol. The maximum absolute atomic E-state index is 13.1. The highest BCUT2D eigenvalue weighted by Crippen LogP contribution is 2.19. The molecule has 0 bridgehead atoms. The molecular weight excluding hydrogens is 544 g/mol. The van der Waals surface area contributed by atoms with Gasteiger partial charge in [-0.05, 0) is 42.9 Å². The van der Waals surface area contributed by atoms with Crippen LogP contribution in [0.4, 0.5) is 0 Å². The van der Waals surface area contributed by atoms with Gasteiger partial charge in [0.15, 0.2) is 0 Å². The summed E-state index contributed by atoms with van der Waals surface area (Å²) in [6.45, 7) is 0. The molecular formula is C25H34N6O8S. The van der Waals surface area contributed by atoms with E-state index < -0.39 is 66.2 Å². The third kappa shape index (κ3) is 9.89. The molecule has 0 aliphatic rings. The maximum atomic E-state index is 13.1. The Morgan fingerprint density at radius 1 is 0.925 bits per heavy atom. The Hall–Kier alpha value is -4.11. The van der Waals surface area contributed by atoms with Crippen molar-refractivity contribution >= 4 is 58.2 Å². The van der Waals surface area contributed by atoms with E-state index in [1.807, 2.05) is 24.3 Å². The van der Waals surface area contributed by atoms with E-state index in [0.717, 1.165) is 16.5 Å². The van der Waals surface area contributed by atoms with Gasteiger partial charge in [-0.25, -0.2) is 4.79 Å². The molecule has 218 valence electrons. The number of amides is 4. The van der Waals surface area contributed by atoms with Crippen LogP contribution in [0, 0.1) is 0 Å². The molecule has 0 aliphatic heterocycles. The number of para-hydroxylation sites is 1. The Kier molecular flexibility index (Phi) is 12.4.